The number of anilines is 1. The van der Waals surface area contributed by atoms with E-state index in [0.29, 0.717) is 22.4 Å². The number of terminal acetylenes is 1. The summed E-state index contributed by atoms with van der Waals surface area (Å²) in [7, 11) is 0. The van der Waals surface area contributed by atoms with Crippen molar-refractivity contribution in [1.82, 2.24) is 0 Å². The number of phenolic OH excluding ortho intramolecular Hbond substituents is 1. The predicted octanol–water partition coefficient (Wildman–Crippen LogP) is 2.93. The molecule has 0 aromatic heterocycles. The van der Waals surface area contributed by atoms with Gasteiger partial charge in [-0.15, -0.1) is 6.42 Å². The second-order valence-corrected chi connectivity index (χ2v) is 4.18. The summed E-state index contributed by atoms with van der Waals surface area (Å²) in [6.07, 6.45) is 5.31. The van der Waals surface area contributed by atoms with Gasteiger partial charge in [0.2, 0.25) is 0 Å². The molecule has 1 amide bonds. The fourth-order valence-corrected chi connectivity index (χ4v) is 1.69. The normalized spacial score (nSPS) is 9.68. The second-order valence-electron chi connectivity index (χ2n) is 4.18. The summed E-state index contributed by atoms with van der Waals surface area (Å²) in [6, 6.07) is 11.8. The molecular formula is C16H13NO2. The minimum absolute atomic E-state index is 0.172. The summed E-state index contributed by atoms with van der Waals surface area (Å²) < 4.78 is 0. The van der Waals surface area contributed by atoms with Crippen LogP contribution in [0.25, 0.3) is 0 Å². The average Bonchev–Trinajstić information content (AvgIpc) is 2.42. The summed E-state index contributed by atoms with van der Waals surface area (Å²) in [5.41, 5.74) is 2.50. The van der Waals surface area contributed by atoms with Gasteiger partial charge >= 0.3 is 0 Å². The van der Waals surface area contributed by atoms with Crippen LogP contribution in [0.1, 0.15) is 21.5 Å². The van der Waals surface area contributed by atoms with Crippen molar-refractivity contribution in [3.63, 3.8) is 0 Å². The fraction of sp³-hybridized carbons (Fsp3) is 0.0625. The number of phenols is 1. The number of hydrogen-bond acceptors (Lipinski definition) is 2. The minimum atomic E-state index is -0.239. The Morgan fingerprint density at radius 2 is 2.05 bits per heavy atom. The van der Waals surface area contributed by atoms with Gasteiger partial charge in [-0.05, 0) is 48.9 Å². The molecule has 94 valence electrons. The SMILES string of the molecule is C#Cc1cccc(NC(=O)c2ccc(O)c(C)c2)c1. The molecule has 0 aliphatic heterocycles. The van der Waals surface area contributed by atoms with Gasteiger partial charge in [-0.2, -0.15) is 0 Å². The van der Waals surface area contributed by atoms with Gasteiger partial charge < -0.3 is 10.4 Å². The highest BCUT2D eigenvalue weighted by molar-refractivity contribution is 6.04. The lowest BCUT2D eigenvalue weighted by molar-refractivity contribution is 0.102. The van der Waals surface area contributed by atoms with Crippen LogP contribution in [0.2, 0.25) is 0 Å². The topological polar surface area (TPSA) is 49.3 Å². The number of aromatic hydroxyl groups is 1. The highest BCUT2D eigenvalue weighted by Gasteiger charge is 2.07. The van der Waals surface area contributed by atoms with Crippen LogP contribution in [0.3, 0.4) is 0 Å². The molecule has 0 fully saturated rings. The van der Waals surface area contributed by atoms with Gasteiger partial charge in [0.15, 0.2) is 0 Å². The van der Waals surface area contributed by atoms with Crippen molar-refractivity contribution in [3.8, 4) is 18.1 Å². The third-order valence-electron chi connectivity index (χ3n) is 2.75. The Bertz CT molecular complexity index is 669. The molecule has 2 aromatic carbocycles. The van der Waals surface area contributed by atoms with E-state index < -0.39 is 0 Å². The van der Waals surface area contributed by atoms with Crippen molar-refractivity contribution in [2.24, 2.45) is 0 Å². The molecule has 0 radical (unpaired) electrons. The van der Waals surface area contributed by atoms with E-state index in [2.05, 4.69) is 11.2 Å². The Labute approximate surface area is 111 Å². The molecule has 0 saturated heterocycles. The third kappa shape index (κ3) is 2.93. The summed E-state index contributed by atoms with van der Waals surface area (Å²) in [5, 5.41) is 12.2. The maximum atomic E-state index is 12.0. The first kappa shape index (κ1) is 12.7. The van der Waals surface area contributed by atoms with Gasteiger partial charge in [0, 0.05) is 16.8 Å². The van der Waals surface area contributed by atoms with E-state index in [4.69, 9.17) is 6.42 Å². The van der Waals surface area contributed by atoms with Gasteiger partial charge in [-0.3, -0.25) is 4.79 Å². The van der Waals surface area contributed by atoms with E-state index in [1.165, 1.54) is 6.07 Å². The molecule has 2 N–H and O–H groups in total. The van der Waals surface area contributed by atoms with Crippen molar-refractivity contribution < 1.29 is 9.90 Å². The number of aryl methyl sites for hydroxylation is 1. The molecule has 0 aliphatic rings. The summed E-state index contributed by atoms with van der Waals surface area (Å²) >= 11 is 0. The zero-order valence-corrected chi connectivity index (χ0v) is 10.5. The quantitative estimate of drug-likeness (QED) is 0.806. The van der Waals surface area contributed by atoms with Crippen molar-refractivity contribution in [2.45, 2.75) is 6.92 Å². The van der Waals surface area contributed by atoms with E-state index in [0.717, 1.165) is 0 Å². The molecule has 0 saturated carbocycles. The smallest absolute Gasteiger partial charge is 0.255 e. The van der Waals surface area contributed by atoms with E-state index in [-0.39, 0.29) is 11.7 Å². The molecule has 2 aromatic rings. The number of hydrogen-bond donors (Lipinski definition) is 2. The first-order chi connectivity index (χ1) is 9.10. The van der Waals surface area contributed by atoms with Gasteiger partial charge in [0.05, 0.1) is 0 Å². The maximum absolute atomic E-state index is 12.0. The van der Waals surface area contributed by atoms with Gasteiger partial charge in [0.1, 0.15) is 5.75 Å². The molecule has 2 rings (SSSR count). The number of amides is 1. The Balaban J connectivity index is 2.21. The molecule has 3 heteroatoms. The van der Waals surface area contributed by atoms with Gasteiger partial charge in [-0.25, -0.2) is 0 Å². The lowest BCUT2D eigenvalue weighted by Gasteiger charge is -2.07. The zero-order valence-electron chi connectivity index (χ0n) is 10.5. The fourth-order valence-electron chi connectivity index (χ4n) is 1.69. The maximum Gasteiger partial charge on any atom is 0.255 e. The molecule has 19 heavy (non-hydrogen) atoms. The molecular weight excluding hydrogens is 238 g/mol. The summed E-state index contributed by atoms with van der Waals surface area (Å²) in [4.78, 5) is 12.0. The monoisotopic (exact) mass is 251 g/mol. The Morgan fingerprint density at radius 3 is 2.74 bits per heavy atom. The van der Waals surface area contributed by atoms with Crippen LogP contribution in [0.15, 0.2) is 42.5 Å². The predicted molar refractivity (Wildman–Crippen MR) is 75.2 cm³/mol. The molecule has 0 atom stereocenters. The summed E-state index contributed by atoms with van der Waals surface area (Å²) in [6.45, 7) is 1.74. The number of rotatable bonds is 2. The van der Waals surface area contributed by atoms with Gasteiger partial charge in [-0.1, -0.05) is 12.0 Å². The van der Waals surface area contributed by atoms with Crippen molar-refractivity contribution in [1.29, 1.82) is 0 Å². The summed E-state index contributed by atoms with van der Waals surface area (Å²) in [5.74, 6) is 2.45. The average molecular weight is 251 g/mol. The largest absolute Gasteiger partial charge is 0.508 e. The molecule has 0 unspecified atom stereocenters. The molecule has 0 heterocycles. The van der Waals surface area contributed by atoms with Crippen LogP contribution in [-0.4, -0.2) is 11.0 Å². The van der Waals surface area contributed by atoms with Crippen LogP contribution in [0.5, 0.6) is 5.75 Å². The van der Waals surface area contributed by atoms with Crippen LogP contribution < -0.4 is 5.32 Å². The van der Waals surface area contributed by atoms with E-state index in [9.17, 15) is 9.90 Å². The Morgan fingerprint density at radius 1 is 1.26 bits per heavy atom. The third-order valence-corrected chi connectivity index (χ3v) is 2.75. The van der Waals surface area contributed by atoms with Gasteiger partial charge in [0.25, 0.3) is 5.91 Å². The minimum Gasteiger partial charge on any atom is -0.508 e. The first-order valence-electron chi connectivity index (χ1n) is 5.78. The van der Waals surface area contributed by atoms with Crippen molar-refractivity contribution in [2.75, 3.05) is 5.32 Å². The highest BCUT2D eigenvalue weighted by Crippen LogP contribution is 2.18. The van der Waals surface area contributed by atoms with Crippen LogP contribution in [0, 0.1) is 19.3 Å². The van der Waals surface area contributed by atoms with Crippen LogP contribution in [-0.2, 0) is 0 Å². The van der Waals surface area contributed by atoms with E-state index >= 15 is 0 Å². The van der Waals surface area contributed by atoms with Crippen LogP contribution >= 0.6 is 0 Å². The molecule has 3 nitrogen and oxygen atoms in total. The Kier molecular flexibility index (Phi) is 3.53. The second kappa shape index (κ2) is 5.28. The standard InChI is InChI=1S/C16H13NO2/c1-3-12-5-4-6-14(10-12)17-16(19)13-7-8-15(18)11(2)9-13/h1,4-10,18H,2H3,(H,17,19). The van der Waals surface area contributed by atoms with Crippen molar-refractivity contribution in [3.05, 3.63) is 59.2 Å². The van der Waals surface area contributed by atoms with Crippen LogP contribution in [0.4, 0.5) is 5.69 Å². The molecule has 0 aliphatic carbocycles. The molecule has 0 bridgehead atoms. The highest BCUT2D eigenvalue weighted by atomic mass is 16.3. The lowest BCUT2D eigenvalue weighted by atomic mass is 10.1. The zero-order chi connectivity index (χ0) is 13.8. The number of nitrogens with one attached hydrogen (secondary N) is 1. The number of carbonyl (C=O) groups excluding carboxylic acids is 1. The molecule has 0 spiro atoms. The first-order valence-corrected chi connectivity index (χ1v) is 5.78. The Hall–Kier alpha value is -2.73. The van der Waals surface area contributed by atoms with E-state index in [1.807, 2.05) is 0 Å². The lowest BCUT2D eigenvalue weighted by Crippen LogP contribution is -2.12. The number of carbonyl (C=O) groups is 1. The van der Waals surface area contributed by atoms with Crippen molar-refractivity contribution >= 4 is 11.6 Å². The van der Waals surface area contributed by atoms with E-state index in [1.54, 1.807) is 43.3 Å². The number of benzene rings is 2.